The average molecular weight is 333 g/mol. The SMILES string of the molecule is CCn1c(C)cnc(NCC(c2ccccc2)c2ccccc2)c1=O. The number of anilines is 1. The minimum absolute atomic E-state index is 0.0672. The van der Waals surface area contributed by atoms with Crippen LogP contribution in [-0.2, 0) is 6.54 Å². The highest BCUT2D eigenvalue weighted by molar-refractivity contribution is 5.38. The van der Waals surface area contributed by atoms with Crippen LogP contribution in [0.25, 0.3) is 0 Å². The third-order valence-electron chi connectivity index (χ3n) is 4.45. The zero-order chi connectivity index (χ0) is 17.6. The summed E-state index contributed by atoms with van der Waals surface area (Å²) in [7, 11) is 0. The fourth-order valence-corrected chi connectivity index (χ4v) is 3.08. The van der Waals surface area contributed by atoms with Gasteiger partial charge in [-0.05, 0) is 25.0 Å². The van der Waals surface area contributed by atoms with Crippen molar-refractivity contribution >= 4 is 5.82 Å². The third-order valence-corrected chi connectivity index (χ3v) is 4.45. The topological polar surface area (TPSA) is 46.9 Å². The van der Waals surface area contributed by atoms with Gasteiger partial charge in [0.1, 0.15) is 0 Å². The minimum atomic E-state index is -0.0672. The van der Waals surface area contributed by atoms with E-state index >= 15 is 0 Å². The van der Waals surface area contributed by atoms with Gasteiger partial charge in [0.2, 0.25) is 0 Å². The van der Waals surface area contributed by atoms with E-state index in [1.807, 2.05) is 50.2 Å². The van der Waals surface area contributed by atoms with Crippen LogP contribution in [-0.4, -0.2) is 16.1 Å². The first kappa shape index (κ1) is 17.0. The molecule has 0 fully saturated rings. The Balaban J connectivity index is 1.89. The van der Waals surface area contributed by atoms with E-state index in [-0.39, 0.29) is 11.5 Å². The summed E-state index contributed by atoms with van der Waals surface area (Å²) in [6.45, 7) is 5.12. The smallest absolute Gasteiger partial charge is 0.293 e. The van der Waals surface area contributed by atoms with Crippen molar-refractivity contribution in [2.45, 2.75) is 26.3 Å². The summed E-state index contributed by atoms with van der Waals surface area (Å²) >= 11 is 0. The molecule has 128 valence electrons. The molecule has 0 saturated heterocycles. The van der Waals surface area contributed by atoms with Crippen molar-refractivity contribution < 1.29 is 0 Å². The largest absolute Gasteiger partial charge is 0.365 e. The summed E-state index contributed by atoms with van der Waals surface area (Å²) in [5.74, 6) is 0.560. The quantitative estimate of drug-likeness (QED) is 0.746. The van der Waals surface area contributed by atoms with Crippen molar-refractivity contribution in [1.82, 2.24) is 9.55 Å². The Kier molecular flexibility index (Phi) is 5.29. The van der Waals surface area contributed by atoms with E-state index in [9.17, 15) is 4.79 Å². The normalized spacial score (nSPS) is 10.8. The van der Waals surface area contributed by atoms with Crippen LogP contribution in [0, 0.1) is 6.92 Å². The van der Waals surface area contributed by atoms with E-state index in [0.29, 0.717) is 18.9 Å². The number of nitrogens with one attached hydrogen (secondary N) is 1. The lowest BCUT2D eigenvalue weighted by molar-refractivity contribution is 0.690. The molecule has 0 aliphatic carbocycles. The summed E-state index contributed by atoms with van der Waals surface area (Å²) in [6.07, 6.45) is 1.74. The number of hydrogen-bond donors (Lipinski definition) is 1. The molecule has 0 radical (unpaired) electrons. The number of nitrogens with zero attached hydrogens (tertiary/aromatic N) is 2. The summed E-state index contributed by atoms with van der Waals surface area (Å²) < 4.78 is 1.73. The van der Waals surface area contributed by atoms with Crippen molar-refractivity contribution in [1.29, 1.82) is 0 Å². The highest BCUT2D eigenvalue weighted by Gasteiger charge is 2.15. The molecule has 3 rings (SSSR count). The Morgan fingerprint density at radius 1 is 1.00 bits per heavy atom. The summed E-state index contributed by atoms with van der Waals surface area (Å²) in [5.41, 5.74) is 3.23. The maximum Gasteiger partial charge on any atom is 0.293 e. The van der Waals surface area contributed by atoms with E-state index in [0.717, 1.165) is 5.69 Å². The molecule has 1 N–H and O–H groups in total. The lowest BCUT2D eigenvalue weighted by atomic mass is 9.91. The van der Waals surface area contributed by atoms with E-state index in [1.54, 1.807) is 10.8 Å². The maximum atomic E-state index is 12.5. The zero-order valence-electron chi connectivity index (χ0n) is 14.6. The van der Waals surface area contributed by atoms with Gasteiger partial charge in [-0.25, -0.2) is 4.98 Å². The monoisotopic (exact) mass is 333 g/mol. The molecule has 1 aromatic heterocycles. The van der Waals surface area contributed by atoms with Crippen molar-refractivity contribution in [2.24, 2.45) is 0 Å². The molecule has 0 aliphatic heterocycles. The summed E-state index contributed by atoms with van der Waals surface area (Å²) in [4.78, 5) is 16.8. The fraction of sp³-hybridized carbons (Fsp3) is 0.238. The van der Waals surface area contributed by atoms with Crippen LogP contribution < -0.4 is 10.9 Å². The summed E-state index contributed by atoms with van der Waals surface area (Å²) in [6, 6.07) is 20.7. The standard InChI is InChI=1S/C21H23N3O/c1-3-24-16(2)14-22-20(21(24)25)23-15-19(17-10-6-4-7-11-17)18-12-8-5-9-13-18/h4-14,19H,3,15H2,1-2H3,(H,22,23). The molecule has 4 heteroatoms. The Hall–Kier alpha value is -2.88. The maximum absolute atomic E-state index is 12.5. The first-order valence-corrected chi connectivity index (χ1v) is 8.61. The number of aromatic nitrogens is 2. The molecular formula is C21H23N3O. The van der Waals surface area contributed by atoms with Crippen molar-refractivity contribution in [3.8, 4) is 0 Å². The van der Waals surface area contributed by atoms with Crippen LogP contribution in [0.3, 0.4) is 0 Å². The highest BCUT2D eigenvalue weighted by Crippen LogP contribution is 2.24. The van der Waals surface area contributed by atoms with Crippen LogP contribution in [0.4, 0.5) is 5.82 Å². The van der Waals surface area contributed by atoms with Gasteiger partial charge < -0.3 is 9.88 Å². The van der Waals surface area contributed by atoms with Gasteiger partial charge in [0, 0.05) is 30.9 Å². The van der Waals surface area contributed by atoms with E-state index < -0.39 is 0 Å². The Morgan fingerprint density at radius 2 is 1.56 bits per heavy atom. The second kappa shape index (κ2) is 7.79. The van der Waals surface area contributed by atoms with Gasteiger partial charge in [0.25, 0.3) is 5.56 Å². The van der Waals surface area contributed by atoms with E-state index in [2.05, 4.69) is 34.6 Å². The third kappa shape index (κ3) is 3.79. The second-order valence-corrected chi connectivity index (χ2v) is 6.05. The molecule has 0 atom stereocenters. The van der Waals surface area contributed by atoms with Gasteiger partial charge in [-0.15, -0.1) is 0 Å². The first-order valence-electron chi connectivity index (χ1n) is 8.61. The van der Waals surface area contributed by atoms with Gasteiger partial charge in [-0.1, -0.05) is 60.7 Å². The summed E-state index contributed by atoms with van der Waals surface area (Å²) in [5, 5.41) is 3.27. The highest BCUT2D eigenvalue weighted by atomic mass is 16.1. The van der Waals surface area contributed by atoms with Crippen LogP contribution in [0.15, 0.2) is 71.7 Å². The van der Waals surface area contributed by atoms with Gasteiger partial charge in [0.05, 0.1) is 0 Å². The van der Waals surface area contributed by atoms with Gasteiger partial charge >= 0.3 is 0 Å². The van der Waals surface area contributed by atoms with Crippen molar-refractivity contribution in [3.05, 3.63) is 94.0 Å². The molecule has 0 bridgehead atoms. The fourth-order valence-electron chi connectivity index (χ4n) is 3.08. The van der Waals surface area contributed by atoms with Gasteiger partial charge in [-0.3, -0.25) is 4.79 Å². The van der Waals surface area contributed by atoms with Gasteiger partial charge in [0.15, 0.2) is 5.82 Å². The van der Waals surface area contributed by atoms with E-state index in [1.165, 1.54) is 11.1 Å². The molecule has 0 unspecified atom stereocenters. The van der Waals surface area contributed by atoms with E-state index in [4.69, 9.17) is 0 Å². The van der Waals surface area contributed by atoms with Crippen LogP contribution in [0.1, 0.15) is 29.7 Å². The lowest BCUT2D eigenvalue weighted by Gasteiger charge is -2.19. The Morgan fingerprint density at radius 3 is 2.08 bits per heavy atom. The second-order valence-electron chi connectivity index (χ2n) is 6.05. The number of benzene rings is 2. The average Bonchev–Trinajstić information content (AvgIpc) is 2.66. The van der Waals surface area contributed by atoms with Crippen LogP contribution in [0.2, 0.25) is 0 Å². The molecule has 0 amide bonds. The van der Waals surface area contributed by atoms with Gasteiger partial charge in [-0.2, -0.15) is 0 Å². The number of rotatable bonds is 6. The number of hydrogen-bond acceptors (Lipinski definition) is 3. The molecule has 3 aromatic rings. The van der Waals surface area contributed by atoms with Crippen LogP contribution >= 0.6 is 0 Å². The molecular weight excluding hydrogens is 310 g/mol. The predicted molar refractivity (Wildman–Crippen MR) is 102 cm³/mol. The van der Waals surface area contributed by atoms with Crippen molar-refractivity contribution in [2.75, 3.05) is 11.9 Å². The first-order chi connectivity index (χ1) is 12.2. The molecule has 0 saturated carbocycles. The lowest BCUT2D eigenvalue weighted by Crippen LogP contribution is -2.27. The minimum Gasteiger partial charge on any atom is -0.365 e. The Labute approximate surface area is 148 Å². The van der Waals surface area contributed by atoms with Crippen LogP contribution in [0.5, 0.6) is 0 Å². The molecule has 0 aliphatic rings. The zero-order valence-corrected chi connectivity index (χ0v) is 14.6. The molecule has 2 aromatic carbocycles. The molecule has 25 heavy (non-hydrogen) atoms. The predicted octanol–water partition coefficient (Wildman–Crippen LogP) is 3.82. The van der Waals surface area contributed by atoms with Crippen molar-refractivity contribution in [3.63, 3.8) is 0 Å². The molecule has 1 heterocycles. The molecule has 4 nitrogen and oxygen atoms in total. The number of aryl methyl sites for hydroxylation is 1. The Bertz CT molecular complexity index is 833. The molecule has 0 spiro atoms.